The number of morpholine rings is 1. The van der Waals surface area contributed by atoms with Crippen molar-refractivity contribution in [2.45, 2.75) is 83.4 Å². The molecule has 4 heterocycles. The maximum absolute atomic E-state index is 14.2. The number of amides is 1. The number of rotatable bonds is 10. The number of fused-ring (bicyclic) bond motifs is 2. The standard InChI is InChI=1S/C40H48N8O5S/c1-7-29-24-47(54(50,51)34-12-10-9-11-33(34)53-29)23-28-21-27(14-13-25(28)3)35(30-15-16-32-36(26(30)4)44-45-48(32)8-2)40(5,6)37-31(38(41)49)22-42-39(43-37)46-17-19-52-20-18-46/h9-16,21-22,29,35H,7-8,17-20,23-24H2,1-6H3,(H2,41,49)/t29-,35+/m1/s1. The van der Waals surface area contributed by atoms with E-state index in [0.717, 1.165) is 38.9 Å². The van der Waals surface area contributed by atoms with Gasteiger partial charge in [-0.15, -0.1) is 5.10 Å². The third kappa shape index (κ3) is 6.71. The van der Waals surface area contributed by atoms with Crippen LogP contribution in [0.15, 0.2) is 65.7 Å². The van der Waals surface area contributed by atoms with Gasteiger partial charge in [0.2, 0.25) is 16.0 Å². The molecule has 2 N–H and O–H groups in total. The lowest BCUT2D eigenvalue weighted by atomic mass is 9.67. The fourth-order valence-electron chi connectivity index (χ4n) is 7.85. The number of carbonyl (C=O) groups is 1. The van der Waals surface area contributed by atoms with Gasteiger partial charge in [0.05, 0.1) is 36.5 Å². The van der Waals surface area contributed by atoms with E-state index in [1.54, 1.807) is 24.3 Å². The summed E-state index contributed by atoms with van der Waals surface area (Å²) in [5.41, 5.74) is 12.3. The van der Waals surface area contributed by atoms with E-state index in [1.165, 1.54) is 10.5 Å². The number of carbonyl (C=O) groups excluding carboxylic acids is 1. The van der Waals surface area contributed by atoms with E-state index in [0.29, 0.717) is 56.7 Å². The van der Waals surface area contributed by atoms with Crippen LogP contribution in [0.4, 0.5) is 5.95 Å². The van der Waals surface area contributed by atoms with Crippen molar-refractivity contribution in [1.82, 2.24) is 29.3 Å². The lowest BCUT2D eigenvalue weighted by Gasteiger charge is -2.38. The number of aryl methyl sites for hydroxylation is 3. The SMILES string of the molecule is CC[C@@H]1CN(Cc2cc([C@@H](c3ccc4c(nnn4CC)c3C)C(C)(C)c3nc(N4CCOCC4)ncc3C(N)=O)ccc2C)S(=O)(=O)c2ccccc2O1. The maximum atomic E-state index is 14.2. The molecule has 54 heavy (non-hydrogen) atoms. The zero-order valence-corrected chi connectivity index (χ0v) is 32.6. The van der Waals surface area contributed by atoms with Gasteiger partial charge in [-0.3, -0.25) is 4.79 Å². The van der Waals surface area contributed by atoms with Crippen LogP contribution in [0.1, 0.15) is 83.9 Å². The predicted molar refractivity (Wildman–Crippen MR) is 206 cm³/mol. The Bertz CT molecular complexity index is 2320. The largest absolute Gasteiger partial charge is 0.488 e. The molecule has 0 saturated carbocycles. The van der Waals surface area contributed by atoms with E-state index in [4.69, 9.17) is 20.2 Å². The van der Waals surface area contributed by atoms with Crippen LogP contribution in [-0.4, -0.2) is 82.5 Å². The number of para-hydroxylation sites is 1. The number of benzene rings is 3. The summed E-state index contributed by atoms with van der Waals surface area (Å²) < 4.78 is 43.6. The van der Waals surface area contributed by atoms with Crippen molar-refractivity contribution in [3.05, 3.63) is 99.9 Å². The highest BCUT2D eigenvalue weighted by Gasteiger charge is 2.41. The third-order valence-corrected chi connectivity index (χ3v) is 12.8. The number of nitrogens with zero attached hydrogens (tertiary/aromatic N) is 7. The van der Waals surface area contributed by atoms with E-state index >= 15 is 0 Å². The van der Waals surface area contributed by atoms with Crippen molar-refractivity contribution in [3.8, 4) is 5.75 Å². The Kier molecular flexibility index (Phi) is 10.2. The average molecular weight is 753 g/mol. The zero-order valence-electron chi connectivity index (χ0n) is 31.7. The average Bonchev–Trinajstić information content (AvgIpc) is 3.56. The monoisotopic (exact) mass is 752 g/mol. The van der Waals surface area contributed by atoms with Crippen molar-refractivity contribution in [3.63, 3.8) is 0 Å². The van der Waals surface area contributed by atoms with E-state index < -0.39 is 27.3 Å². The molecule has 1 fully saturated rings. The maximum Gasteiger partial charge on any atom is 0.252 e. The van der Waals surface area contributed by atoms with E-state index in [-0.39, 0.29) is 29.7 Å². The predicted octanol–water partition coefficient (Wildman–Crippen LogP) is 5.27. The Hall–Kier alpha value is -4.92. The highest BCUT2D eigenvalue weighted by Crippen LogP contribution is 2.46. The van der Waals surface area contributed by atoms with Crippen molar-refractivity contribution in [2.24, 2.45) is 5.73 Å². The van der Waals surface area contributed by atoms with Crippen LogP contribution in [0.5, 0.6) is 5.75 Å². The second-order valence-electron chi connectivity index (χ2n) is 14.7. The Labute approximate surface area is 316 Å². The minimum atomic E-state index is -3.89. The molecule has 1 saturated heterocycles. The van der Waals surface area contributed by atoms with Gasteiger partial charge >= 0.3 is 0 Å². The second-order valence-corrected chi connectivity index (χ2v) is 16.6. The molecule has 2 atom stereocenters. The Morgan fingerprint density at radius 3 is 2.54 bits per heavy atom. The van der Waals surface area contributed by atoms with Crippen molar-refractivity contribution < 1.29 is 22.7 Å². The summed E-state index contributed by atoms with van der Waals surface area (Å²) in [7, 11) is -3.89. The summed E-state index contributed by atoms with van der Waals surface area (Å²) in [6.45, 7) is 15.6. The number of hydrogen-bond acceptors (Lipinski definition) is 10. The van der Waals surface area contributed by atoms with Gasteiger partial charge in [0.15, 0.2) is 0 Å². The van der Waals surface area contributed by atoms with Gasteiger partial charge in [0, 0.05) is 43.7 Å². The van der Waals surface area contributed by atoms with E-state index in [1.807, 2.05) is 44.5 Å². The second kappa shape index (κ2) is 14.7. The van der Waals surface area contributed by atoms with Crippen molar-refractivity contribution in [1.29, 1.82) is 0 Å². The molecule has 5 aromatic rings. The zero-order chi connectivity index (χ0) is 38.4. The molecule has 2 aromatic heterocycles. The number of ether oxygens (including phenoxy) is 2. The van der Waals surface area contributed by atoms with Crippen LogP contribution >= 0.6 is 0 Å². The lowest BCUT2D eigenvalue weighted by Crippen LogP contribution is -2.39. The molecule has 3 aromatic carbocycles. The Morgan fingerprint density at radius 2 is 1.81 bits per heavy atom. The molecular weight excluding hydrogens is 705 g/mol. The molecule has 0 radical (unpaired) electrons. The van der Waals surface area contributed by atoms with Gasteiger partial charge in [-0.05, 0) is 73.2 Å². The summed E-state index contributed by atoms with van der Waals surface area (Å²) in [5.74, 6) is -0.136. The molecule has 14 heteroatoms. The van der Waals surface area contributed by atoms with Crippen LogP contribution in [0, 0.1) is 13.8 Å². The minimum Gasteiger partial charge on any atom is -0.488 e. The van der Waals surface area contributed by atoms with E-state index in [9.17, 15) is 13.2 Å². The third-order valence-electron chi connectivity index (χ3n) is 10.9. The number of anilines is 1. The molecule has 0 aliphatic carbocycles. The van der Waals surface area contributed by atoms with E-state index in [2.05, 4.69) is 52.2 Å². The summed E-state index contributed by atoms with van der Waals surface area (Å²) in [6.07, 6.45) is 1.87. The first-order valence-corrected chi connectivity index (χ1v) is 20.0. The molecule has 13 nitrogen and oxygen atoms in total. The highest BCUT2D eigenvalue weighted by molar-refractivity contribution is 7.89. The molecule has 1 amide bonds. The first-order chi connectivity index (χ1) is 25.8. The fourth-order valence-corrected chi connectivity index (χ4v) is 9.42. The molecule has 284 valence electrons. The van der Waals surface area contributed by atoms with Crippen LogP contribution in [-0.2, 0) is 33.3 Å². The van der Waals surface area contributed by atoms with Crippen LogP contribution in [0.2, 0.25) is 0 Å². The fraction of sp³-hybridized carbons (Fsp3) is 0.425. The summed E-state index contributed by atoms with van der Waals surface area (Å²) >= 11 is 0. The summed E-state index contributed by atoms with van der Waals surface area (Å²) in [4.78, 5) is 25.0. The first-order valence-electron chi connectivity index (χ1n) is 18.5. The summed E-state index contributed by atoms with van der Waals surface area (Å²) in [5, 5.41) is 8.99. The first kappa shape index (κ1) is 37.4. The van der Waals surface area contributed by atoms with Gasteiger partial charge in [-0.1, -0.05) is 62.4 Å². The Morgan fingerprint density at radius 1 is 1.06 bits per heavy atom. The normalized spacial score (nSPS) is 18.2. The number of nitrogens with two attached hydrogens (primary N) is 1. The van der Waals surface area contributed by atoms with Crippen LogP contribution < -0.4 is 15.4 Å². The Balaban J connectivity index is 1.40. The number of aromatic nitrogens is 5. The highest BCUT2D eigenvalue weighted by atomic mass is 32.2. The molecule has 2 aliphatic heterocycles. The van der Waals surface area contributed by atoms with Crippen molar-refractivity contribution in [2.75, 3.05) is 37.7 Å². The summed E-state index contributed by atoms with van der Waals surface area (Å²) in [6, 6.07) is 17.2. The molecule has 0 unspecified atom stereocenters. The minimum absolute atomic E-state index is 0.146. The van der Waals surface area contributed by atoms with Gasteiger partial charge < -0.3 is 20.1 Å². The molecule has 2 aliphatic rings. The topological polar surface area (TPSA) is 159 Å². The quantitative estimate of drug-likeness (QED) is 0.199. The molecule has 0 spiro atoms. The van der Waals surface area contributed by atoms with Crippen molar-refractivity contribution >= 4 is 32.9 Å². The van der Waals surface area contributed by atoms with Gasteiger partial charge in [-0.25, -0.2) is 23.1 Å². The van der Waals surface area contributed by atoms with Gasteiger partial charge in [0.25, 0.3) is 5.91 Å². The number of primary amides is 1. The lowest BCUT2D eigenvalue weighted by molar-refractivity contribution is 0.0996. The smallest absolute Gasteiger partial charge is 0.252 e. The number of hydrogen-bond donors (Lipinski definition) is 1. The van der Waals surface area contributed by atoms with Gasteiger partial charge in [-0.2, -0.15) is 4.31 Å². The molecular formula is C40H48N8O5S. The van der Waals surface area contributed by atoms with Crippen LogP contribution in [0.25, 0.3) is 11.0 Å². The van der Waals surface area contributed by atoms with Crippen LogP contribution in [0.3, 0.4) is 0 Å². The number of sulfonamides is 1. The van der Waals surface area contributed by atoms with Gasteiger partial charge in [0.1, 0.15) is 22.3 Å². The molecule has 7 rings (SSSR count). The molecule has 0 bridgehead atoms.